The summed E-state index contributed by atoms with van der Waals surface area (Å²) in [5.74, 6) is 0.498. The van der Waals surface area contributed by atoms with Crippen LogP contribution >= 0.6 is 0 Å². The number of hydrogen-bond acceptors (Lipinski definition) is 2. The number of nitrogens with zero attached hydrogens (tertiary/aromatic N) is 1. The molecule has 0 aliphatic rings. The van der Waals surface area contributed by atoms with Gasteiger partial charge in [-0.3, -0.25) is 4.90 Å². The van der Waals surface area contributed by atoms with Crippen molar-refractivity contribution in [3.63, 3.8) is 0 Å². The lowest BCUT2D eigenvalue weighted by molar-refractivity contribution is 0.0994. The van der Waals surface area contributed by atoms with E-state index >= 15 is 0 Å². The van der Waals surface area contributed by atoms with Crippen LogP contribution in [0.1, 0.15) is 27.7 Å². The molecule has 0 aliphatic heterocycles. The number of nitrogens with two attached hydrogens (primary N) is 1. The minimum absolute atomic E-state index is 0.158. The first-order valence-corrected chi connectivity index (χ1v) is 3.93. The second-order valence-corrected chi connectivity index (χ2v) is 3.39. The van der Waals surface area contributed by atoms with Gasteiger partial charge in [-0.1, -0.05) is 20.8 Å². The average molecular weight is 144 g/mol. The second-order valence-electron chi connectivity index (χ2n) is 3.39. The van der Waals surface area contributed by atoms with E-state index in [4.69, 9.17) is 5.73 Å². The summed E-state index contributed by atoms with van der Waals surface area (Å²) in [4.78, 5) is 2.16. The summed E-state index contributed by atoms with van der Waals surface area (Å²) in [7, 11) is 2.06. The van der Waals surface area contributed by atoms with E-state index in [1.807, 2.05) is 0 Å². The van der Waals surface area contributed by atoms with E-state index in [-0.39, 0.29) is 5.66 Å². The fourth-order valence-corrected chi connectivity index (χ4v) is 0.781. The van der Waals surface area contributed by atoms with Gasteiger partial charge in [-0.05, 0) is 26.4 Å². The molecule has 2 N–H and O–H groups in total. The van der Waals surface area contributed by atoms with Crippen molar-refractivity contribution in [1.82, 2.24) is 4.90 Å². The van der Waals surface area contributed by atoms with Crippen molar-refractivity contribution < 1.29 is 0 Å². The molecular weight excluding hydrogens is 124 g/mol. The van der Waals surface area contributed by atoms with Gasteiger partial charge in [-0.2, -0.15) is 0 Å². The summed E-state index contributed by atoms with van der Waals surface area (Å²) in [6.07, 6.45) is 0. The molecule has 1 atom stereocenters. The van der Waals surface area contributed by atoms with Crippen LogP contribution < -0.4 is 5.73 Å². The van der Waals surface area contributed by atoms with E-state index in [1.165, 1.54) is 0 Å². The van der Waals surface area contributed by atoms with Crippen LogP contribution in [-0.4, -0.2) is 24.2 Å². The Morgan fingerprint density at radius 2 is 1.90 bits per heavy atom. The highest BCUT2D eigenvalue weighted by Gasteiger charge is 2.26. The molecule has 0 fully saturated rings. The fraction of sp³-hybridized carbons (Fsp3) is 1.00. The van der Waals surface area contributed by atoms with Crippen LogP contribution in [0.15, 0.2) is 0 Å². The van der Waals surface area contributed by atoms with E-state index in [0.717, 1.165) is 6.54 Å². The molecule has 0 saturated heterocycles. The Kier molecular flexibility index (Phi) is 3.33. The Bertz CT molecular complexity index is 97.4. The molecule has 0 bridgehead atoms. The van der Waals surface area contributed by atoms with Gasteiger partial charge in [0.15, 0.2) is 0 Å². The van der Waals surface area contributed by atoms with E-state index in [1.54, 1.807) is 0 Å². The summed E-state index contributed by atoms with van der Waals surface area (Å²) >= 11 is 0. The van der Waals surface area contributed by atoms with Gasteiger partial charge in [0.1, 0.15) is 0 Å². The van der Waals surface area contributed by atoms with Crippen molar-refractivity contribution in [1.29, 1.82) is 0 Å². The molecule has 10 heavy (non-hydrogen) atoms. The third-order valence-electron chi connectivity index (χ3n) is 2.47. The zero-order valence-corrected chi connectivity index (χ0v) is 7.81. The van der Waals surface area contributed by atoms with Crippen molar-refractivity contribution in [3.05, 3.63) is 0 Å². The first kappa shape index (κ1) is 9.92. The van der Waals surface area contributed by atoms with E-state index in [9.17, 15) is 0 Å². The summed E-state index contributed by atoms with van der Waals surface area (Å²) in [6, 6.07) is 0. The fourth-order valence-electron chi connectivity index (χ4n) is 0.781. The Morgan fingerprint density at radius 3 is 2.00 bits per heavy atom. The van der Waals surface area contributed by atoms with Crippen LogP contribution in [0.4, 0.5) is 0 Å². The molecule has 0 rings (SSSR count). The number of rotatable bonds is 3. The highest BCUT2D eigenvalue weighted by Crippen LogP contribution is 2.15. The first-order chi connectivity index (χ1) is 4.42. The predicted molar refractivity (Wildman–Crippen MR) is 45.7 cm³/mol. The van der Waals surface area contributed by atoms with E-state index in [0.29, 0.717) is 5.92 Å². The average Bonchev–Trinajstić information content (AvgIpc) is 1.86. The molecule has 0 amide bonds. The first-order valence-electron chi connectivity index (χ1n) is 3.93. The maximum atomic E-state index is 6.04. The monoisotopic (exact) mass is 144 g/mol. The minimum atomic E-state index is -0.158. The molecule has 2 nitrogen and oxygen atoms in total. The summed E-state index contributed by atoms with van der Waals surface area (Å²) in [5, 5.41) is 0. The quantitative estimate of drug-likeness (QED) is 0.604. The van der Waals surface area contributed by atoms with Crippen LogP contribution in [0.5, 0.6) is 0 Å². The maximum absolute atomic E-state index is 6.04. The van der Waals surface area contributed by atoms with Crippen LogP contribution in [0.3, 0.4) is 0 Å². The SMILES string of the molecule is CCN(C)C(C)(N)C(C)C. The zero-order valence-electron chi connectivity index (χ0n) is 7.81. The molecule has 0 aromatic carbocycles. The molecule has 0 radical (unpaired) electrons. The molecule has 2 heteroatoms. The van der Waals surface area contributed by atoms with Crippen LogP contribution in [0, 0.1) is 5.92 Å². The lowest BCUT2D eigenvalue weighted by Gasteiger charge is -2.38. The largest absolute Gasteiger partial charge is 0.313 e. The molecule has 0 saturated carbocycles. The minimum Gasteiger partial charge on any atom is -0.313 e. The Morgan fingerprint density at radius 1 is 1.50 bits per heavy atom. The van der Waals surface area contributed by atoms with Gasteiger partial charge >= 0.3 is 0 Å². The molecular formula is C8H20N2. The summed E-state index contributed by atoms with van der Waals surface area (Å²) in [6.45, 7) is 9.48. The Hall–Kier alpha value is -0.0800. The Balaban J connectivity index is 4.09. The summed E-state index contributed by atoms with van der Waals surface area (Å²) in [5.41, 5.74) is 5.88. The van der Waals surface area contributed by atoms with Gasteiger partial charge < -0.3 is 5.73 Å². The third kappa shape index (κ3) is 1.96. The molecule has 62 valence electrons. The van der Waals surface area contributed by atoms with Gasteiger partial charge in [-0.25, -0.2) is 0 Å². The lowest BCUT2D eigenvalue weighted by atomic mass is 9.98. The third-order valence-corrected chi connectivity index (χ3v) is 2.47. The molecule has 0 aromatic heterocycles. The van der Waals surface area contributed by atoms with Crippen molar-refractivity contribution in [2.75, 3.05) is 13.6 Å². The highest BCUT2D eigenvalue weighted by atomic mass is 15.2. The maximum Gasteiger partial charge on any atom is 0.0679 e. The van der Waals surface area contributed by atoms with E-state index in [2.05, 4.69) is 39.6 Å². The molecule has 1 unspecified atom stereocenters. The van der Waals surface area contributed by atoms with E-state index < -0.39 is 0 Å². The van der Waals surface area contributed by atoms with Crippen LogP contribution in [0.25, 0.3) is 0 Å². The normalized spacial score (nSPS) is 18.0. The Labute approximate surface area is 64.4 Å². The van der Waals surface area contributed by atoms with Gasteiger partial charge in [0.25, 0.3) is 0 Å². The van der Waals surface area contributed by atoms with Gasteiger partial charge in [0, 0.05) is 0 Å². The molecule has 0 aliphatic carbocycles. The van der Waals surface area contributed by atoms with Crippen molar-refractivity contribution in [2.45, 2.75) is 33.4 Å². The summed E-state index contributed by atoms with van der Waals surface area (Å²) < 4.78 is 0. The standard InChI is InChI=1S/C8H20N2/c1-6-10(5)8(4,9)7(2)3/h7H,6,9H2,1-5H3. The molecule has 0 aromatic rings. The van der Waals surface area contributed by atoms with Gasteiger partial charge in [0.05, 0.1) is 5.66 Å². The van der Waals surface area contributed by atoms with Crippen molar-refractivity contribution >= 4 is 0 Å². The topological polar surface area (TPSA) is 29.3 Å². The molecule has 0 spiro atoms. The number of hydrogen-bond donors (Lipinski definition) is 1. The van der Waals surface area contributed by atoms with Crippen LogP contribution in [-0.2, 0) is 0 Å². The van der Waals surface area contributed by atoms with Crippen molar-refractivity contribution in [3.8, 4) is 0 Å². The smallest absolute Gasteiger partial charge is 0.0679 e. The molecule has 0 heterocycles. The predicted octanol–water partition coefficient (Wildman–Crippen LogP) is 1.27. The van der Waals surface area contributed by atoms with Crippen molar-refractivity contribution in [2.24, 2.45) is 11.7 Å². The zero-order chi connectivity index (χ0) is 8.36. The van der Waals surface area contributed by atoms with Crippen LogP contribution in [0.2, 0.25) is 0 Å². The van der Waals surface area contributed by atoms with Gasteiger partial charge in [-0.15, -0.1) is 0 Å². The lowest BCUT2D eigenvalue weighted by Crippen LogP contribution is -2.55. The van der Waals surface area contributed by atoms with Gasteiger partial charge in [0.2, 0.25) is 0 Å². The highest BCUT2D eigenvalue weighted by molar-refractivity contribution is 4.79. The second kappa shape index (κ2) is 3.35.